The number of hydrogen-bond acceptors (Lipinski definition) is 16. The Labute approximate surface area is 192 Å². The van der Waals surface area contributed by atoms with Crippen LogP contribution in [0.15, 0.2) is 0 Å². The topological polar surface area (TPSA) is 277 Å². The van der Waals surface area contributed by atoms with Gasteiger partial charge in [-0.25, -0.2) is 0 Å². The second kappa shape index (κ2) is 12.9. The summed E-state index contributed by atoms with van der Waals surface area (Å²) < 4.78 is 21.1. The third-order valence-electron chi connectivity index (χ3n) is 5.64. The summed E-state index contributed by atoms with van der Waals surface area (Å²) in [7, 11) is 0. The molecular formula is C18H32O16. The predicted octanol–water partition coefficient (Wildman–Crippen LogP) is -7.73. The SMILES string of the molecule is O=C[C@H](O)[C@@H](O)[C@H](O[C@@H]1O[C@H](CO)[C@@H](O[C@@H]2O[C@H](CO)[C@@H](O)[C@H](O)[C@@H]2O)[C@H](O)[C@H]1O)[C@H](O)CO. The lowest BCUT2D eigenvalue weighted by molar-refractivity contribution is -0.367. The van der Waals surface area contributed by atoms with Gasteiger partial charge in [0.05, 0.1) is 19.8 Å². The average molecular weight is 504 g/mol. The van der Waals surface area contributed by atoms with Crippen molar-refractivity contribution in [1.29, 1.82) is 0 Å². The highest BCUT2D eigenvalue weighted by Crippen LogP contribution is 2.30. The van der Waals surface area contributed by atoms with Crippen LogP contribution in [0.25, 0.3) is 0 Å². The minimum atomic E-state index is -2.08. The van der Waals surface area contributed by atoms with Gasteiger partial charge in [0, 0.05) is 0 Å². The van der Waals surface area contributed by atoms with Gasteiger partial charge in [0.1, 0.15) is 73.2 Å². The van der Waals surface area contributed by atoms with Crippen LogP contribution >= 0.6 is 0 Å². The van der Waals surface area contributed by atoms with Crippen LogP contribution in [0.4, 0.5) is 0 Å². The normalized spacial score (nSPS) is 42.6. The van der Waals surface area contributed by atoms with E-state index in [1.165, 1.54) is 0 Å². The number of aldehydes is 1. The second-order valence-corrected chi connectivity index (χ2v) is 7.97. The molecule has 0 radical (unpaired) electrons. The minimum Gasteiger partial charge on any atom is -0.394 e. The molecule has 0 aromatic carbocycles. The summed E-state index contributed by atoms with van der Waals surface area (Å²) in [5.74, 6) is 0. The maximum absolute atomic E-state index is 10.8. The fraction of sp³-hybridized carbons (Fsp3) is 0.944. The van der Waals surface area contributed by atoms with Gasteiger partial charge in [0.15, 0.2) is 18.9 Å². The predicted molar refractivity (Wildman–Crippen MR) is 102 cm³/mol. The van der Waals surface area contributed by atoms with E-state index >= 15 is 0 Å². The van der Waals surface area contributed by atoms with Crippen LogP contribution in [0.1, 0.15) is 0 Å². The van der Waals surface area contributed by atoms with E-state index in [2.05, 4.69) is 0 Å². The van der Waals surface area contributed by atoms with Crippen LogP contribution in [0.5, 0.6) is 0 Å². The molecule has 2 saturated heterocycles. The van der Waals surface area contributed by atoms with Crippen LogP contribution in [0.2, 0.25) is 0 Å². The first-order valence-corrected chi connectivity index (χ1v) is 10.4. The zero-order chi connectivity index (χ0) is 25.7. The number of aliphatic hydroxyl groups is 11. The molecule has 2 aliphatic heterocycles. The van der Waals surface area contributed by atoms with Crippen molar-refractivity contribution < 1.29 is 79.9 Å². The van der Waals surface area contributed by atoms with Crippen molar-refractivity contribution in [2.24, 2.45) is 0 Å². The fourth-order valence-corrected chi connectivity index (χ4v) is 3.60. The molecule has 2 fully saturated rings. The molecule has 0 spiro atoms. The maximum Gasteiger partial charge on any atom is 0.187 e. The van der Waals surface area contributed by atoms with Gasteiger partial charge in [0.25, 0.3) is 0 Å². The first-order valence-electron chi connectivity index (χ1n) is 10.4. The number of aliphatic hydroxyl groups excluding tert-OH is 11. The number of rotatable bonds is 11. The Morgan fingerprint density at radius 3 is 1.85 bits per heavy atom. The third kappa shape index (κ3) is 6.25. The smallest absolute Gasteiger partial charge is 0.187 e. The van der Waals surface area contributed by atoms with Crippen LogP contribution in [0.3, 0.4) is 0 Å². The Kier molecular flexibility index (Phi) is 11.1. The summed E-state index contributed by atoms with van der Waals surface area (Å²) in [6, 6.07) is 0. The number of carbonyl (C=O) groups excluding carboxylic acids is 1. The Hall–Kier alpha value is -0.930. The van der Waals surface area contributed by atoms with E-state index in [-0.39, 0.29) is 6.29 Å². The van der Waals surface area contributed by atoms with E-state index in [9.17, 15) is 55.9 Å². The van der Waals surface area contributed by atoms with Crippen molar-refractivity contribution in [2.45, 2.75) is 85.8 Å². The van der Waals surface area contributed by atoms with Crippen molar-refractivity contribution in [2.75, 3.05) is 19.8 Å². The molecule has 0 amide bonds. The molecule has 34 heavy (non-hydrogen) atoms. The summed E-state index contributed by atoms with van der Waals surface area (Å²) >= 11 is 0. The highest BCUT2D eigenvalue weighted by Gasteiger charge is 2.51. The van der Waals surface area contributed by atoms with Gasteiger partial charge in [-0.3, -0.25) is 0 Å². The second-order valence-electron chi connectivity index (χ2n) is 7.97. The highest BCUT2D eigenvalue weighted by atomic mass is 16.7. The zero-order valence-electron chi connectivity index (χ0n) is 17.7. The van der Waals surface area contributed by atoms with E-state index in [0.717, 1.165) is 0 Å². The van der Waals surface area contributed by atoms with Crippen LogP contribution in [-0.2, 0) is 23.7 Å². The lowest BCUT2D eigenvalue weighted by atomic mass is 9.96. The van der Waals surface area contributed by atoms with Crippen molar-refractivity contribution in [3.63, 3.8) is 0 Å². The van der Waals surface area contributed by atoms with Gasteiger partial charge in [-0.1, -0.05) is 0 Å². The maximum atomic E-state index is 10.8. The zero-order valence-corrected chi connectivity index (χ0v) is 17.7. The molecule has 16 nitrogen and oxygen atoms in total. The van der Waals surface area contributed by atoms with E-state index < -0.39 is 106 Å². The number of ether oxygens (including phenoxy) is 4. The lowest BCUT2D eigenvalue weighted by Gasteiger charge is -2.46. The monoisotopic (exact) mass is 504 g/mol. The van der Waals surface area contributed by atoms with Gasteiger partial charge < -0.3 is 79.9 Å². The molecule has 2 aliphatic rings. The Balaban J connectivity index is 2.17. The summed E-state index contributed by atoms with van der Waals surface area (Å²) in [4.78, 5) is 10.8. The van der Waals surface area contributed by atoms with Gasteiger partial charge in [0.2, 0.25) is 0 Å². The molecule has 200 valence electrons. The highest BCUT2D eigenvalue weighted by molar-refractivity contribution is 5.56. The Bertz CT molecular complexity index is 621. The van der Waals surface area contributed by atoms with Crippen LogP contribution in [-0.4, -0.2) is 168 Å². The van der Waals surface area contributed by atoms with Crippen LogP contribution < -0.4 is 0 Å². The molecule has 0 saturated carbocycles. The first kappa shape index (κ1) is 29.3. The third-order valence-corrected chi connectivity index (χ3v) is 5.64. The van der Waals surface area contributed by atoms with Crippen molar-refractivity contribution >= 4 is 6.29 Å². The molecule has 0 aliphatic carbocycles. The van der Waals surface area contributed by atoms with E-state index in [4.69, 9.17) is 24.1 Å². The largest absolute Gasteiger partial charge is 0.394 e. The van der Waals surface area contributed by atoms with E-state index in [1.54, 1.807) is 0 Å². The molecule has 0 aromatic heterocycles. The Morgan fingerprint density at radius 1 is 0.765 bits per heavy atom. The van der Waals surface area contributed by atoms with Crippen LogP contribution in [0, 0.1) is 0 Å². The molecule has 2 heterocycles. The molecular weight excluding hydrogens is 472 g/mol. The lowest BCUT2D eigenvalue weighted by Crippen LogP contribution is -2.65. The number of carbonyl (C=O) groups is 1. The summed E-state index contributed by atoms with van der Waals surface area (Å²) in [6.45, 7) is -2.64. The fourth-order valence-electron chi connectivity index (χ4n) is 3.60. The summed E-state index contributed by atoms with van der Waals surface area (Å²) in [5.41, 5.74) is 0. The Morgan fingerprint density at radius 2 is 1.32 bits per heavy atom. The molecule has 0 unspecified atom stereocenters. The molecule has 0 aromatic rings. The average Bonchev–Trinajstić information content (AvgIpc) is 2.84. The quantitative estimate of drug-likeness (QED) is 0.117. The van der Waals surface area contributed by atoms with E-state index in [0.29, 0.717) is 0 Å². The van der Waals surface area contributed by atoms with Gasteiger partial charge >= 0.3 is 0 Å². The van der Waals surface area contributed by atoms with E-state index in [1.807, 2.05) is 0 Å². The van der Waals surface area contributed by atoms with Gasteiger partial charge in [-0.15, -0.1) is 0 Å². The summed E-state index contributed by atoms with van der Waals surface area (Å²) in [6.07, 6.45) is -25.4. The minimum absolute atomic E-state index is 0.0704. The van der Waals surface area contributed by atoms with Crippen molar-refractivity contribution in [3.05, 3.63) is 0 Å². The van der Waals surface area contributed by atoms with Gasteiger partial charge in [-0.05, 0) is 0 Å². The molecule has 2 rings (SSSR count). The van der Waals surface area contributed by atoms with Crippen molar-refractivity contribution in [3.8, 4) is 0 Å². The molecule has 16 heteroatoms. The van der Waals surface area contributed by atoms with Crippen molar-refractivity contribution in [1.82, 2.24) is 0 Å². The molecule has 11 N–H and O–H groups in total. The number of hydrogen-bond donors (Lipinski definition) is 11. The summed E-state index contributed by atoms with van der Waals surface area (Å²) in [5, 5.41) is 108. The molecule has 0 bridgehead atoms. The van der Waals surface area contributed by atoms with Gasteiger partial charge in [-0.2, -0.15) is 0 Å². The first-order chi connectivity index (χ1) is 16.0. The standard InChI is InChI=1S/C18H32O16/c19-1-5(23)9(25)15(6(24)2-20)33-18-14(30)12(28)16(8(4-22)32-18)34-17-13(29)11(27)10(26)7(3-21)31-17/h1,5-18,20-30H,2-4H2/t5-,6+,7+,8+,9+,10+,11-,12+,13-,14+,15+,16+,17-,18-/m0/s1. The molecule has 14 atom stereocenters.